The smallest absolute Gasteiger partial charge is 0.285 e. The normalized spacial score (nSPS) is 15.6. The Bertz CT molecular complexity index is 1160. The zero-order chi connectivity index (χ0) is 19.0. The highest BCUT2D eigenvalue weighted by Crippen LogP contribution is 2.45. The lowest BCUT2D eigenvalue weighted by Gasteiger charge is -2.19. The second-order valence-electron chi connectivity index (χ2n) is 6.79. The molecule has 0 saturated carbocycles. The van der Waals surface area contributed by atoms with Gasteiger partial charge in [-0.05, 0) is 12.1 Å². The summed E-state index contributed by atoms with van der Waals surface area (Å²) in [5.74, 6) is 2.16. The van der Waals surface area contributed by atoms with Gasteiger partial charge in [-0.1, -0.05) is 46.4 Å². The third-order valence-corrected chi connectivity index (χ3v) is 6.83. The molecule has 0 atom stereocenters. The van der Waals surface area contributed by atoms with Gasteiger partial charge in [-0.15, -0.1) is 0 Å². The van der Waals surface area contributed by atoms with Crippen LogP contribution in [-0.4, -0.2) is 18.2 Å². The van der Waals surface area contributed by atoms with Crippen molar-refractivity contribution in [2.45, 2.75) is 6.54 Å². The van der Waals surface area contributed by atoms with Gasteiger partial charge in [0.05, 0.1) is 51.1 Å². The zero-order valence-corrected chi connectivity index (χ0v) is 17.6. The van der Waals surface area contributed by atoms with Crippen molar-refractivity contribution in [2.24, 2.45) is 7.05 Å². The Morgan fingerprint density at radius 1 is 0.852 bits per heavy atom. The van der Waals surface area contributed by atoms with Gasteiger partial charge >= 0.3 is 0 Å². The Balaban J connectivity index is 1.74. The number of hydrogen-bond donors (Lipinski definition) is 0. The molecule has 1 aromatic heterocycles. The first-order valence-corrected chi connectivity index (χ1v) is 9.97. The van der Waals surface area contributed by atoms with E-state index in [1.807, 2.05) is 38.4 Å². The number of benzene rings is 2. The topological polar surface area (TPSA) is 15.3 Å². The van der Waals surface area contributed by atoms with Crippen LogP contribution in [0.3, 0.4) is 0 Å². The van der Waals surface area contributed by atoms with Gasteiger partial charge in [-0.25, -0.2) is 9.13 Å². The quantitative estimate of drug-likeness (QED) is 0.438. The van der Waals surface area contributed by atoms with Crippen molar-refractivity contribution in [1.82, 2.24) is 4.57 Å². The molecule has 2 aliphatic rings. The molecule has 138 valence electrons. The first kappa shape index (κ1) is 17.5. The van der Waals surface area contributed by atoms with Crippen molar-refractivity contribution in [3.05, 3.63) is 56.0 Å². The molecule has 2 aliphatic heterocycles. The Labute approximate surface area is 176 Å². The summed E-state index contributed by atoms with van der Waals surface area (Å²) in [5.41, 5.74) is 4.23. The largest absolute Gasteiger partial charge is 0.329 e. The third kappa shape index (κ3) is 2.40. The average molecular weight is 441 g/mol. The molecule has 2 aromatic carbocycles. The van der Waals surface area contributed by atoms with E-state index >= 15 is 0 Å². The first-order valence-electron chi connectivity index (χ1n) is 8.46. The molecule has 3 heterocycles. The molecule has 0 spiro atoms. The molecule has 0 aliphatic carbocycles. The van der Waals surface area contributed by atoms with E-state index in [0.29, 0.717) is 20.1 Å². The minimum atomic E-state index is 0.560. The molecule has 3 aromatic rings. The highest BCUT2D eigenvalue weighted by molar-refractivity contribution is 6.43. The fourth-order valence-electron chi connectivity index (χ4n) is 4.01. The zero-order valence-electron chi connectivity index (χ0n) is 14.6. The van der Waals surface area contributed by atoms with Crippen LogP contribution in [-0.2, 0) is 13.6 Å². The summed E-state index contributed by atoms with van der Waals surface area (Å²) in [4.78, 5) is 4.42. The van der Waals surface area contributed by atoms with Gasteiger partial charge in [0.15, 0.2) is 11.0 Å². The maximum atomic E-state index is 6.28. The summed E-state index contributed by atoms with van der Waals surface area (Å²) in [6.07, 6.45) is 2.18. The molecule has 0 fully saturated rings. The molecule has 5 rings (SSSR count). The lowest BCUT2D eigenvalue weighted by Crippen LogP contribution is -2.31. The van der Waals surface area contributed by atoms with E-state index in [1.54, 1.807) is 0 Å². The Kier molecular flexibility index (Phi) is 3.86. The molecule has 0 unspecified atom stereocenters. The molecular weight excluding hydrogens is 426 g/mol. The van der Waals surface area contributed by atoms with Crippen LogP contribution in [0.2, 0.25) is 20.1 Å². The van der Waals surface area contributed by atoms with Crippen LogP contribution in [0.1, 0.15) is 5.82 Å². The van der Waals surface area contributed by atoms with Gasteiger partial charge in [-0.3, -0.25) is 0 Å². The van der Waals surface area contributed by atoms with Gasteiger partial charge < -0.3 is 9.80 Å². The van der Waals surface area contributed by atoms with Gasteiger partial charge in [0.1, 0.15) is 12.4 Å². The summed E-state index contributed by atoms with van der Waals surface area (Å²) >= 11 is 25.1. The third-order valence-electron chi connectivity index (χ3n) is 5.39. The van der Waals surface area contributed by atoms with Crippen molar-refractivity contribution in [3.8, 4) is 0 Å². The molecule has 8 heteroatoms. The molecule has 0 amide bonds. The fraction of sp³-hybridized carbons (Fsp3) is 0.211. The van der Waals surface area contributed by atoms with Crippen molar-refractivity contribution < 1.29 is 4.57 Å². The second-order valence-corrected chi connectivity index (χ2v) is 8.42. The summed E-state index contributed by atoms with van der Waals surface area (Å²) in [6, 6.07) is 7.71. The highest BCUT2D eigenvalue weighted by atomic mass is 35.5. The van der Waals surface area contributed by atoms with Crippen molar-refractivity contribution in [1.29, 1.82) is 0 Å². The van der Waals surface area contributed by atoms with Crippen LogP contribution in [0, 0.1) is 0 Å². The first-order chi connectivity index (χ1) is 12.9. The molecule has 0 N–H and O–H groups in total. The second kappa shape index (κ2) is 5.95. The maximum Gasteiger partial charge on any atom is 0.285 e. The fourth-order valence-corrected chi connectivity index (χ4v) is 4.64. The van der Waals surface area contributed by atoms with Gasteiger partial charge in [0.25, 0.3) is 5.82 Å². The van der Waals surface area contributed by atoms with Crippen LogP contribution < -0.4 is 14.4 Å². The number of fused-ring (bicyclic) bond motifs is 6. The summed E-state index contributed by atoms with van der Waals surface area (Å²) in [6.45, 7) is 1.61. The lowest BCUT2D eigenvalue weighted by molar-refractivity contribution is -0.647. The summed E-state index contributed by atoms with van der Waals surface area (Å²) < 4.78 is 4.42. The number of nitrogens with zero attached hydrogens (tertiary/aromatic N) is 4. The molecule has 0 radical (unpaired) electrons. The van der Waals surface area contributed by atoms with Crippen LogP contribution >= 0.6 is 46.4 Å². The minimum Gasteiger partial charge on any atom is -0.329 e. The number of hydrogen-bond acceptors (Lipinski definition) is 2. The van der Waals surface area contributed by atoms with Crippen molar-refractivity contribution in [2.75, 3.05) is 23.4 Å². The predicted molar refractivity (Wildman–Crippen MR) is 113 cm³/mol. The molecular formula is C19H15Cl4N4+. The monoisotopic (exact) mass is 439 g/mol. The van der Waals surface area contributed by atoms with Crippen LogP contribution in [0.25, 0.3) is 17.1 Å². The SMILES string of the molecule is CN1C2=Cc3n(c4cc(Cl)c(Cl)cc4[n+]3C)CCN2c2cc(Cl)c(Cl)cc21. The van der Waals surface area contributed by atoms with E-state index in [0.717, 1.165) is 47.1 Å². The summed E-state index contributed by atoms with van der Waals surface area (Å²) in [5, 5.41) is 2.24. The van der Waals surface area contributed by atoms with Crippen LogP contribution in [0.5, 0.6) is 0 Å². The van der Waals surface area contributed by atoms with E-state index in [-0.39, 0.29) is 0 Å². The summed E-state index contributed by atoms with van der Waals surface area (Å²) in [7, 11) is 4.09. The molecule has 0 bridgehead atoms. The standard InChI is InChI=1S/C19H15Cl4N4/c1-24-14-5-10(20)12(22)7-16(14)26-3-4-27-17-8-13(23)11(21)6-15(17)25(2)19(27)9-18(24)26/h5-9H,3-4H2,1-2H3/q+1. The number of aromatic nitrogens is 2. The predicted octanol–water partition coefficient (Wildman–Crippen LogP) is 5.35. The molecule has 0 saturated heterocycles. The maximum absolute atomic E-state index is 6.28. The van der Waals surface area contributed by atoms with Gasteiger partial charge in [0.2, 0.25) is 0 Å². The van der Waals surface area contributed by atoms with E-state index in [9.17, 15) is 0 Å². The van der Waals surface area contributed by atoms with E-state index in [1.165, 1.54) is 0 Å². The van der Waals surface area contributed by atoms with Crippen molar-refractivity contribution >= 4 is 74.9 Å². The highest BCUT2D eigenvalue weighted by Gasteiger charge is 2.35. The van der Waals surface area contributed by atoms with E-state index in [4.69, 9.17) is 46.4 Å². The van der Waals surface area contributed by atoms with Crippen LogP contribution in [0.15, 0.2) is 30.1 Å². The van der Waals surface area contributed by atoms with Crippen LogP contribution in [0.4, 0.5) is 11.4 Å². The number of aryl methyl sites for hydroxylation is 1. The lowest BCUT2D eigenvalue weighted by atomic mass is 10.2. The van der Waals surface area contributed by atoms with E-state index in [2.05, 4.69) is 25.0 Å². The number of imidazole rings is 1. The minimum absolute atomic E-state index is 0.560. The molecule has 4 nitrogen and oxygen atoms in total. The van der Waals surface area contributed by atoms with Gasteiger partial charge in [0, 0.05) is 19.2 Å². The number of anilines is 2. The van der Waals surface area contributed by atoms with E-state index < -0.39 is 0 Å². The number of halogens is 4. The Hall–Kier alpha value is -1.59. The van der Waals surface area contributed by atoms with Gasteiger partial charge in [-0.2, -0.15) is 0 Å². The Morgan fingerprint density at radius 2 is 1.48 bits per heavy atom. The molecule has 27 heavy (non-hydrogen) atoms. The van der Waals surface area contributed by atoms with Crippen molar-refractivity contribution in [3.63, 3.8) is 0 Å². The average Bonchev–Trinajstić information content (AvgIpc) is 2.92. The Morgan fingerprint density at radius 3 is 2.22 bits per heavy atom. The number of rotatable bonds is 0.